The standard InChI is InChI=1S/C15H20N2OS/c1-2-3-9-19-15-16-10-14(12-18)17(15)11-13-7-5-4-6-8-13/h4-8,10,18H,2-3,9,11-12H2,1H3. The van der Waals surface area contributed by atoms with Crippen molar-refractivity contribution in [3.8, 4) is 0 Å². The second-order valence-electron chi connectivity index (χ2n) is 4.46. The van der Waals surface area contributed by atoms with Gasteiger partial charge >= 0.3 is 0 Å². The molecule has 0 aliphatic rings. The van der Waals surface area contributed by atoms with Crippen LogP contribution in [-0.2, 0) is 13.2 Å². The van der Waals surface area contributed by atoms with Gasteiger partial charge in [-0.2, -0.15) is 0 Å². The van der Waals surface area contributed by atoms with Gasteiger partial charge < -0.3 is 9.67 Å². The third-order valence-corrected chi connectivity index (χ3v) is 4.05. The van der Waals surface area contributed by atoms with Gasteiger partial charge in [-0.25, -0.2) is 4.98 Å². The molecule has 0 spiro atoms. The van der Waals surface area contributed by atoms with Crippen LogP contribution in [0.4, 0.5) is 0 Å². The van der Waals surface area contributed by atoms with Gasteiger partial charge in [0.25, 0.3) is 0 Å². The Morgan fingerprint density at radius 2 is 2.05 bits per heavy atom. The van der Waals surface area contributed by atoms with E-state index in [2.05, 4.69) is 28.6 Å². The predicted molar refractivity (Wildman–Crippen MR) is 79.3 cm³/mol. The summed E-state index contributed by atoms with van der Waals surface area (Å²) in [4.78, 5) is 4.42. The molecule has 1 heterocycles. The summed E-state index contributed by atoms with van der Waals surface area (Å²) in [5.74, 6) is 1.08. The molecule has 19 heavy (non-hydrogen) atoms. The largest absolute Gasteiger partial charge is 0.390 e. The Morgan fingerprint density at radius 3 is 2.74 bits per heavy atom. The average Bonchev–Trinajstić information content (AvgIpc) is 2.83. The summed E-state index contributed by atoms with van der Waals surface area (Å²) in [7, 11) is 0. The number of nitrogens with zero attached hydrogens (tertiary/aromatic N) is 2. The van der Waals surface area contributed by atoms with Crippen molar-refractivity contribution in [2.45, 2.75) is 38.1 Å². The minimum absolute atomic E-state index is 0.0359. The van der Waals surface area contributed by atoms with Crippen LogP contribution in [0.3, 0.4) is 0 Å². The molecule has 0 fully saturated rings. The third-order valence-electron chi connectivity index (χ3n) is 2.98. The summed E-state index contributed by atoms with van der Waals surface area (Å²) in [6.45, 7) is 3.00. The molecule has 1 aromatic carbocycles. The van der Waals surface area contributed by atoms with Crippen molar-refractivity contribution in [1.82, 2.24) is 9.55 Å². The van der Waals surface area contributed by atoms with E-state index in [0.29, 0.717) is 0 Å². The summed E-state index contributed by atoms with van der Waals surface area (Å²) in [6.07, 6.45) is 4.16. The van der Waals surface area contributed by atoms with E-state index in [1.165, 1.54) is 18.4 Å². The molecule has 4 heteroatoms. The normalized spacial score (nSPS) is 10.8. The molecule has 2 aromatic rings. The zero-order chi connectivity index (χ0) is 13.5. The first-order valence-electron chi connectivity index (χ1n) is 6.67. The highest BCUT2D eigenvalue weighted by Gasteiger charge is 2.10. The van der Waals surface area contributed by atoms with E-state index in [0.717, 1.165) is 23.1 Å². The zero-order valence-electron chi connectivity index (χ0n) is 11.2. The van der Waals surface area contributed by atoms with Gasteiger partial charge in [-0.15, -0.1) is 0 Å². The van der Waals surface area contributed by atoms with Gasteiger partial charge in [-0.05, 0) is 12.0 Å². The summed E-state index contributed by atoms with van der Waals surface area (Å²) >= 11 is 1.77. The van der Waals surface area contributed by atoms with Crippen LogP contribution >= 0.6 is 11.8 Å². The van der Waals surface area contributed by atoms with Gasteiger partial charge in [0.2, 0.25) is 0 Å². The number of hydrogen-bond donors (Lipinski definition) is 1. The van der Waals surface area contributed by atoms with Gasteiger partial charge in [0.1, 0.15) is 0 Å². The molecule has 0 bridgehead atoms. The van der Waals surface area contributed by atoms with Crippen LogP contribution in [-0.4, -0.2) is 20.4 Å². The topological polar surface area (TPSA) is 38.1 Å². The van der Waals surface area contributed by atoms with Crippen LogP contribution in [0.2, 0.25) is 0 Å². The SMILES string of the molecule is CCCCSc1ncc(CO)n1Cc1ccccc1. The minimum atomic E-state index is 0.0359. The number of aromatic nitrogens is 2. The monoisotopic (exact) mass is 276 g/mol. The van der Waals surface area contributed by atoms with Crippen LogP contribution in [0.5, 0.6) is 0 Å². The van der Waals surface area contributed by atoms with E-state index in [4.69, 9.17) is 0 Å². The molecule has 0 radical (unpaired) electrons. The second kappa shape index (κ2) is 7.36. The first-order chi connectivity index (χ1) is 9.35. The van der Waals surface area contributed by atoms with Crippen molar-refractivity contribution in [1.29, 1.82) is 0 Å². The fourth-order valence-electron chi connectivity index (χ4n) is 1.88. The summed E-state index contributed by atoms with van der Waals surface area (Å²) < 4.78 is 2.11. The quantitative estimate of drug-likeness (QED) is 0.623. The highest BCUT2D eigenvalue weighted by atomic mass is 32.2. The zero-order valence-corrected chi connectivity index (χ0v) is 12.1. The van der Waals surface area contributed by atoms with E-state index in [-0.39, 0.29) is 6.61 Å². The van der Waals surface area contributed by atoms with Gasteiger partial charge in [0, 0.05) is 12.3 Å². The maximum atomic E-state index is 9.41. The van der Waals surface area contributed by atoms with Crippen LogP contribution in [0.1, 0.15) is 31.0 Å². The van der Waals surface area contributed by atoms with Gasteiger partial charge in [-0.1, -0.05) is 55.4 Å². The lowest BCUT2D eigenvalue weighted by Crippen LogP contribution is -2.06. The lowest BCUT2D eigenvalue weighted by atomic mass is 10.2. The van der Waals surface area contributed by atoms with Crippen LogP contribution < -0.4 is 0 Å². The molecule has 0 atom stereocenters. The molecule has 102 valence electrons. The molecule has 3 nitrogen and oxygen atoms in total. The number of unbranched alkanes of at least 4 members (excludes halogenated alkanes) is 1. The molecule has 1 aromatic heterocycles. The number of aliphatic hydroxyl groups excluding tert-OH is 1. The molecule has 0 saturated carbocycles. The smallest absolute Gasteiger partial charge is 0.168 e. The van der Waals surface area contributed by atoms with Crippen LogP contribution in [0.15, 0.2) is 41.7 Å². The Balaban J connectivity index is 2.14. The Labute approximate surface area is 118 Å². The fraction of sp³-hybridized carbons (Fsp3) is 0.400. The summed E-state index contributed by atoms with van der Waals surface area (Å²) in [5.41, 5.74) is 2.11. The average molecular weight is 276 g/mol. The maximum absolute atomic E-state index is 9.41. The molecule has 0 saturated heterocycles. The highest BCUT2D eigenvalue weighted by molar-refractivity contribution is 7.99. The molecule has 0 unspecified atom stereocenters. The van der Waals surface area contributed by atoms with Crippen molar-refractivity contribution in [2.75, 3.05) is 5.75 Å². The van der Waals surface area contributed by atoms with Crippen LogP contribution in [0.25, 0.3) is 0 Å². The minimum Gasteiger partial charge on any atom is -0.390 e. The van der Waals surface area contributed by atoms with E-state index in [1.54, 1.807) is 18.0 Å². The summed E-state index contributed by atoms with van der Waals surface area (Å²) in [5, 5.41) is 10.4. The number of imidazole rings is 1. The Hall–Kier alpha value is -1.26. The highest BCUT2D eigenvalue weighted by Crippen LogP contribution is 2.21. The number of thioether (sulfide) groups is 1. The van der Waals surface area contributed by atoms with Gasteiger partial charge in [0.15, 0.2) is 5.16 Å². The molecule has 0 amide bonds. The van der Waals surface area contributed by atoms with Crippen molar-refractivity contribution >= 4 is 11.8 Å². The lowest BCUT2D eigenvalue weighted by molar-refractivity contribution is 0.270. The third kappa shape index (κ3) is 3.85. The Morgan fingerprint density at radius 1 is 1.26 bits per heavy atom. The summed E-state index contributed by atoms with van der Waals surface area (Å²) in [6, 6.07) is 10.3. The Kier molecular flexibility index (Phi) is 5.48. The van der Waals surface area contributed by atoms with Crippen LogP contribution in [0, 0.1) is 0 Å². The molecule has 0 aliphatic heterocycles. The first kappa shape index (κ1) is 14.2. The molecule has 2 rings (SSSR count). The van der Waals surface area contributed by atoms with E-state index in [9.17, 15) is 5.11 Å². The van der Waals surface area contributed by atoms with E-state index < -0.39 is 0 Å². The van der Waals surface area contributed by atoms with E-state index in [1.807, 2.05) is 18.2 Å². The number of aliphatic hydroxyl groups is 1. The molecule has 1 N–H and O–H groups in total. The molecular weight excluding hydrogens is 256 g/mol. The second-order valence-corrected chi connectivity index (χ2v) is 5.53. The fourth-order valence-corrected chi connectivity index (χ4v) is 2.96. The predicted octanol–water partition coefficient (Wildman–Crippen LogP) is 3.32. The Bertz CT molecular complexity index is 496. The first-order valence-corrected chi connectivity index (χ1v) is 7.65. The van der Waals surface area contributed by atoms with Crippen molar-refractivity contribution in [3.05, 3.63) is 47.8 Å². The maximum Gasteiger partial charge on any atom is 0.168 e. The van der Waals surface area contributed by atoms with Gasteiger partial charge in [-0.3, -0.25) is 0 Å². The number of benzene rings is 1. The number of hydrogen-bond acceptors (Lipinski definition) is 3. The van der Waals surface area contributed by atoms with Crippen molar-refractivity contribution < 1.29 is 5.11 Å². The number of rotatable bonds is 7. The molecular formula is C15H20N2OS. The molecule has 0 aliphatic carbocycles. The lowest BCUT2D eigenvalue weighted by Gasteiger charge is -2.10. The van der Waals surface area contributed by atoms with Crippen molar-refractivity contribution in [3.63, 3.8) is 0 Å². The van der Waals surface area contributed by atoms with E-state index >= 15 is 0 Å². The van der Waals surface area contributed by atoms with Crippen molar-refractivity contribution in [2.24, 2.45) is 0 Å². The van der Waals surface area contributed by atoms with Gasteiger partial charge in [0.05, 0.1) is 18.5 Å².